The van der Waals surface area contributed by atoms with Gasteiger partial charge in [-0.1, -0.05) is 35.0 Å². The second-order valence-corrected chi connectivity index (χ2v) is 7.85. The van der Waals surface area contributed by atoms with Crippen molar-refractivity contribution in [1.29, 1.82) is 0 Å². The lowest BCUT2D eigenvalue weighted by molar-refractivity contribution is -0.137. The van der Waals surface area contributed by atoms with Crippen molar-refractivity contribution >= 4 is 45.5 Å². The number of fused-ring (bicyclic) bond motifs is 1. The van der Waals surface area contributed by atoms with Crippen LogP contribution in [-0.4, -0.2) is 10.1 Å². The predicted molar refractivity (Wildman–Crippen MR) is 127 cm³/mol. The lowest BCUT2D eigenvalue weighted by Crippen LogP contribution is -2.04. The van der Waals surface area contributed by atoms with Crippen LogP contribution in [0.4, 0.5) is 36.1 Å². The van der Waals surface area contributed by atoms with Crippen LogP contribution in [0.25, 0.3) is 22.2 Å². The molecule has 5 aromatic rings. The van der Waals surface area contributed by atoms with Crippen molar-refractivity contribution in [3.63, 3.8) is 0 Å². The van der Waals surface area contributed by atoms with Crippen molar-refractivity contribution in [1.82, 2.24) is 10.1 Å². The van der Waals surface area contributed by atoms with Crippen LogP contribution in [0.1, 0.15) is 5.56 Å². The van der Waals surface area contributed by atoms with Crippen LogP contribution in [-0.2, 0) is 6.18 Å². The monoisotopic (exact) mass is 480 g/mol. The number of alkyl halides is 3. The molecule has 0 spiro atoms. The zero-order valence-electron chi connectivity index (χ0n) is 17.4. The van der Waals surface area contributed by atoms with Crippen molar-refractivity contribution < 1.29 is 17.7 Å². The zero-order valence-corrected chi connectivity index (χ0v) is 18.2. The Morgan fingerprint density at radius 1 is 0.794 bits per heavy atom. The van der Waals surface area contributed by atoms with Gasteiger partial charge in [0.05, 0.1) is 21.7 Å². The Morgan fingerprint density at radius 2 is 1.50 bits per heavy atom. The second kappa shape index (κ2) is 8.72. The molecule has 0 radical (unpaired) electrons. The summed E-state index contributed by atoms with van der Waals surface area (Å²) in [6.07, 6.45) is -2.66. The molecule has 0 saturated carbocycles. The number of benzene rings is 3. The van der Waals surface area contributed by atoms with Gasteiger partial charge in [-0.2, -0.15) is 13.2 Å². The maximum absolute atomic E-state index is 12.8. The van der Waals surface area contributed by atoms with Crippen molar-refractivity contribution in [3.8, 4) is 11.3 Å². The van der Waals surface area contributed by atoms with Gasteiger partial charge in [0.2, 0.25) is 0 Å². The summed E-state index contributed by atoms with van der Waals surface area (Å²) in [5.74, 6) is 0.361. The van der Waals surface area contributed by atoms with Crippen molar-refractivity contribution in [2.75, 3.05) is 10.6 Å². The molecular weight excluding hydrogens is 465 g/mol. The average Bonchev–Trinajstić information content (AvgIpc) is 3.24. The summed E-state index contributed by atoms with van der Waals surface area (Å²) in [4.78, 5) is 4.34. The van der Waals surface area contributed by atoms with Gasteiger partial charge in [-0.25, -0.2) is 0 Å². The SMILES string of the molecule is FC(F)(F)c1ccc(Nc2noc3c(Nc4ccc(-c5ccccn5)cc4)c(Cl)ccc23)cc1. The fourth-order valence-corrected chi connectivity index (χ4v) is 3.66. The second-order valence-electron chi connectivity index (χ2n) is 7.45. The first kappa shape index (κ1) is 21.8. The largest absolute Gasteiger partial charge is 0.416 e. The van der Waals surface area contributed by atoms with E-state index in [-0.39, 0.29) is 0 Å². The quantitative estimate of drug-likeness (QED) is 0.266. The molecule has 5 rings (SSSR count). The molecular formula is C25H16ClF3N4O. The number of hydrogen-bond acceptors (Lipinski definition) is 5. The lowest BCUT2D eigenvalue weighted by atomic mass is 10.1. The van der Waals surface area contributed by atoms with Crippen LogP contribution >= 0.6 is 11.6 Å². The number of rotatable bonds is 5. The first-order valence-corrected chi connectivity index (χ1v) is 10.6. The number of pyridine rings is 1. The molecule has 0 saturated heterocycles. The molecule has 0 aliphatic carbocycles. The van der Waals surface area contributed by atoms with Gasteiger partial charge in [-0.05, 0) is 60.7 Å². The van der Waals surface area contributed by atoms with Crippen LogP contribution in [0.3, 0.4) is 0 Å². The van der Waals surface area contributed by atoms with E-state index < -0.39 is 11.7 Å². The topological polar surface area (TPSA) is 63.0 Å². The van der Waals surface area contributed by atoms with Crippen molar-refractivity contribution in [3.05, 3.63) is 95.6 Å². The van der Waals surface area contributed by atoms with E-state index >= 15 is 0 Å². The Bertz CT molecular complexity index is 1430. The number of anilines is 4. The smallest absolute Gasteiger partial charge is 0.352 e. The Balaban J connectivity index is 1.40. The number of nitrogens with zero attached hydrogens (tertiary/aromatic N) is 2. The summed E-state index contributed by atoms with van der Waals surface area (Å²) < 4.78 is 43.9. The highest BCUT2D eigenvalue weighted by Gasteiger charge is 2.30. The highest BCUT2D eigenvalue weighted by molar-refractivity contribution is 6.35. The molecule has 2 N–H and O–H groups in total. The zero-order chi connectivity index (χ0) is 23.7. The number of nitrogens with one attached hydrogen (secondary N) is 2. The van der Waals surface area contributed by atoms with Crippen LogP contribution in [0.5, 0.6) is 0 Å². The van der Waals surface area contributed by atoms with Crippen molar-refractivity contribution in [2.45, 2.75) is 6.18 Å². The van der Waals surface area contributed by atoms with E-state index in [0.717, 1.165) is 29.1 Å². The first-order chi connectivity index (χ1) is 16.4. The van der Waals surface area contributed by atoms with Gasteiger partial charge < -0.3 is 15.2 Å². The van der Waals surface area contributed by atoms with Gasteiger partial charge in [0.1, 0.15) is 5.69 Å². The van der Waals surface area contributed by atoms with Gasteiger partial charge in [0, 0.05) is 23.1 Å². The molecule has 0 unspecified atom stereocenters. The third kappa shape index (κ3) is 4.40. The van der Waals surface area contributed by atoms with E-state index in [4.69, 9.17) is 16.1 Å². The van der Waals surface area contributed by atoms with Gasteiger partial charge in [0.15, 0.2) is 11.4 Å². The molecule has 0 atom stereocenters. The molecule has 3 aromatic carbocycles. The van der Waals surface area contributed by atoms with E-state index in [1.54, 1.807) is 18.3 Å². The normalized spacial score (nSPS) is 11.5. The van der Waals surface area contributed by atoms with E-state index in [9.17, 15) is 13.2 Å². The Morgan fingerprint density at radius 3 is 2.18 bits per heavy atom. The fraction of sp³-hybridized carbons (Fsp3) is 0.0400. The maximum atomic E-state index is 12.8. The van der Waals surface area contributed by atoms with Crippen LogP contribution < -0.4 is 10.6 Å². The minimum Gasteiger partial charge on any atom is -0.352 e. The molecule has 2 aromatic heterocycles. The number of aromatic nitrogens is 2. The van der Waals surface area contributed by atoms with E-state index in [1.807, 2.05) is 42.5 Å². The highest BCUT2D eigenvalue weighted by atomic mass is 35.5. The summed E-state index contributed by atoms with van der Waals surface area (Å²) in [5.41, 5.74) is 3.27. The van der Waals surface area contributed by atoms with Crippen LogP contribution in [0, 0.1) is 0 Å². The van der Waals surface area contributed by atoms with Crippen LogP contribution in [0.15, 0.2) is 89.6 Å². The summed E-state index contributed by atoms with van der Waals surface area (Å²) in [5, 5.41) is 11.3. The summed E-state index contributed by atoms with van der Waals surface area (Å²) >= 11 is 6.42. The molecule has 0 amide bonds. The third-order valence-corrected chi connectivity index (χ3v) is 5.50. The van der Waals surface area contributed by atoms with E-state index in [0.29, 0.717) is 33.2 Å². The lowest BCUT2D eigenvalue weighted by Gasteiger charge is -2.10. The summed E-state index contributed by atoms with van der Waals surface area (Å²) in [7, 11) is 0. The standard InChI is InChI=1S/C25H16ClF3N4O/c26-20-13-12-19-23(34-33-24(19)32-18-10-6-16(7-11-18)25(27,28)29)22(20)31-17-8-4-15(5-9-17)21-3-1-2-14-30-21/h1-14,31H,(H,32,33). The molecule has 0 aliphatic rings. The molecule has 170 valence electrons. The molecule has 0 aliphatic heterocycles. The third-order valence-electron chi connectivity index (χ3n) is 5.18. The first-order valence-electron chi connectivity index (χ1n) is 10.2. The van der Waals surface area contributed by atoms with E-state index in [1.165, 1.54) is 12.1 Å². The van der Waals surface area contributed by atoms with Gasteiger partial charge >= 0.3 is 6.18 Å². The average molecular weight is 481 g/mol. The van der Waals surface area contributed by atoms with Gasteiger partial charge in [-0.15, -0.1) is 0 Å². The minimum absolute atomic E-state index is 0.361. The summed E-state index contributed by atoms with van der Waals surface area (Å²) in [6.45, 7) is 0. The van der Waals surface area contributed by atoms with Gasteiger partial charge in [-0.3, -0.25) is 4.98 Å². The Labute approximate surface area is 197 Å². The van der Waals surface area contributed by atoms with Crippen LogP contribution in [0.2, 0.25) is 5.02 Å². The summed E-state index contributed by atoms with van der Waals surface area (Å²) in [6, 6.07) is 21.5. The molecule has 34 heavy (non-hydrogen) atoms. The predicted octanol–water partition coefficient (Wildman–Crippen LogP) is 8.05. The minimum atomic E-state index is -4.40. The fourth-order valence-electron chi connectivity index (χ4n) is 3.47. The number of hydrogen-bond donors (Lipinski definition) is 2. The highest BCUT2D eigenvalue weighted by Crippen LogP contribution is 2.38. The Kier molecular flexibility index (Phi) is 5.59. The molecule has 5 nitrogen and oxygen atoms in total. The Hall–Kier alpha value is -4.04. The van der Waals surface area contributed by atoms with Crippen molar-refractivity contribution in [2.24, 2.45) is 0 Å². The number of halogens is 4. The van der Waals surface area contributed by atoms with E-state index in [2.05, 4.69) is 20.8 Å². The van der Waals surface area contributed by atoms with Gasteiger partial charge in [0.25, 0.3) is 0 Å². The molecule has 0 fully saturated rings. The maximum Gasteiger partial charge on any atom is 0.416 e. The molecule has 0 bridgehead atoms. The molecule has 2 heterocycles. The molecule has 9 heteroatoms.